The number of benzene rings is 3. The maximum Gasteiger partial charge on any atom is 0.343 e. The SMILES string of the molecule is CC(Oc1ccccc1[N+](=O)[O-])C(=O)NN=Cc1cccc(OC(=O)c2ccc(Cl)cc2)c1. The number of nitro groups is 1. The van der Waals surface area contributed by atoms with Crippen LogP contribution in [0.3, 0.4) is 0 Å². The van der Waals surface area contributed by atoms with Crippen molar-refractivity contribution in [2.75, 3.05) is 0 Å². The summed E-state index contributed by atoms with van der Waals surface area (Å²) in [7, 11) is 0. The highest BCUT2D eigenvalue weighted by Gasteiger charge is 2.20. The van der Waals surface area contributed by atoms with Crippen LogP contribution >= 0.6 is 11.6 Å². The Labute approximate surface area is 193 Å². The van der Waals surface area contributed by atoms with E-state index in [1.807, 2.05) is 0 Å². The van der Waals surface area contributed by atoms with Gasteiger partial charge in [0.05, 0.1) is 16.7 Å². The number of carbonyl (C=O) groups excluding carboxylic acids is 2. The molecule has 0 saturated heterocycles. The van der Waals surface area contributed by atoms with Crippen LogP contribution in [0.2, 0.25) is 5.02 Å². The van der Waals surface area contributed by atoms with E-state index in [4.69, 9.17) is 21.1 Å². The van der Waals surface area contributed by atoms with Crippen LogP contribution in [0.15, 0.2) is 77.9 Å². The number of rotatable bonds is 8. The van der Waals surface area contributed by atoms with Gasteiger partial charge in [-0.05, 0) is 55.0 Å². The van der Waals surface area contributed by atoms with Gasteiger partial charge in [-0.3, -0.25) is 14.9 Å². The molecule has 0 aliphatic rings. The van der Waals surface area contributed by atoms with Crippen molar-refractivity contribution in [3.8, 4) is 11.5 Å². The Morgan fingerprint density at radius 3 is 2.55 bits per heavy atom. The van der Waals surface area contributed by atoms with Gasteiger partial charge in [0.15, 0.2) is 11.9 Å². The van der Waals surface area contributed by atoms with Crippen LogP contribution < -0.4 is 14.9 Å². The van der Waals surface area contributed by atoms with Gasteiger partial charge in [0.2, 0.25) is 0 Å². The van der Waals surface area contributed by atoms with Gasteiger partial charge in [0.25, 0.3) is 5.91 Å². The molecule has 0 radical (unpaired) electrons. The molecule has 9 nitrogen and oxygen atoms in total. The normalized spacial score (nSPS) is 11.6. The molecule has 0 aromatic heterocycles. The zero-order chi connectivity index (χ0) is 23.8. The second-order valence-electron chi connectivity index (χ2n) is 6.69. The first-order valence-electron chi connectivity index (χ1n) is 9.64. The highest BCUT2D eigenvalue weighted by Crippen LogP contribution is 2.26. The molecule has 1 atom stereocenters. The van der Waals surface area contributed by atoms with Crippen LogP contribution in [0.5, 0.6) is 11.5 Å². The maximum absolute atomic E-state index is 12.2. The van der Waals surface area contributed by atoms with Gasteiger partial charge in [-0.25, -0.2) is 10.2 Å². The van der Waals surface area contributed by atoms with E-state index in [1.165, 1.54) is 31.3 Å². The quantitative estimate of drug-likeness (QED) is 0.172. The molecular weight excluding hydrogens is 450 g/mol. The minimum atomic E-state index is -1.03. The first-order valence-corrected chi connectivity index (χ1v) is 10.0. The number of halogens is 1. The molecular formula is C23H18ClN3O6. The molecule has 0 heterocycles. The number of hydrogen-bond acceptors (Lipinski definition) is 7. The van der Waals surface area contributed by atoms with Gasteiger partial charge in [-0.15, -0.1) is 0 Å². The first kappa shape index (κ1) is 23.4. The fourth-order valence-corrected chi connectivity index (χ4v) is 2.75. The van der Waals surface area contributed by atoms with Gasteiger partial charge in [0.1, 0.15) is 5.75 Å². The van der Waals surface area contributed by atoms with E-state index in [1.54, 1.807) is 54.6 Å². The van der Waals surface area contributed by atoms with E-state index in [9.17, 15) is 19.7 Å². The summed E-state index contributed by atoms with van der Waals surface area (Å²) in [6.07, 6.45) is 0.324. The lowest BCUT2D eigenvalue weighted by atomic mass is 10.2. The van der Waals surface area contributed by atoms with E-state index >= 15 is 0 Å². The van der Waals surface area contributed by atoms with Crippen molar-refractivity contribution in [1.29, 1.82) is 0 Å². The summed E-state index contributed by atoms with van der Waals surface area (Å²) >= 11 is 5.82. The van der Waals surface area contributed by atoms with Gasteiger partial charge in [-0.1, -0.05) is 35.9 Å². The molecule has 3 aromatic carbocycles. The average Bonchev–Trinajstić information content (AvgIpc) is 2.80. The lowest BCUT2D eigenvalue weighted by molar-refractivity contribution is -0.386. The highest BCUT2D eigenvalue weighted by molar-refractivity contribution is 6.30. The predicted molar refractivity (Wildman–Crippen MR) is 122 cm³/mol. The molecule has 33 heavy (non-hydrogen) atoms. The molecule has 0 bridgehead atoms. The lowest BCUT2D eigenvalue weighted by Gasteiger charge is -2.12. The maximum atomic E-state index is 12.2. The summed E-state index contributed by atoms with van der Waals surface area (Å²) < 4.78 is 10.7. The largest absolute Gasteiger partial charge is 0.474 e. The second-order valence-corrected chi connectivity index (χ2v) is 7.12. The lowest BCUT2D eigenvalue weighted by Crippen LogP contribution is -2.33. The number of esters is 1. The number of para-hydroxylation sites is 2. The summed E-state index contributed by atoms with van der Waals surface area (Å²) in [4.78, 5) is 34.9. The molecule has 1 N–H and O–H groups in total. The molecule has 10 heteroatoms. The van der Waals surface area contributed by atoms with Crippen LogP contribution in [0.1, 0.15) is 22.8 Å². The number of nitro benzene ring substituents is 1. The molecule has 0 saturated carbocycles. The van der Waals surface area contributed by atoms with Gasteiger partial charge in [0, 0.05) is 11.1 Å². The molecule has 0 aliphatic carbocycles. The number of amides is 1. The standard InChI is InChI=1S/C23H18ClN3O6/c1-15(32-21-8-3-2-7-20(21)27(30)31)22(28)26-25-14-16-5-4-6-19(13-16)33-23(29)17-9-11-18(24)12-10-17/h2-15H,1H3,(H,26,28). The van der Waals surface area contributed by atoms with Crippen molar-refractivity contribution >= 4 is 35.4 Å². The van der Waals surface area contributed by atoms with Crippen molar-refractivity contribution in [3.63, 3.8) is 0 Å². The zero-order valence-corrected chi connectivity index (χ0v) is 18.1. The summed E-state index contributed by atoms with van der Waals surface area (Å²) in [5.41, 5.74) is 2.97. The Morgan fingerprint density at radius 2 is 1.82 bits per heavy atom. The van der Waals surface area contributed by atoms with Crippen molar-refractivity contribution in [3.05, 3.63) is 99.1 Å². The molecule has 168 valence electrons. The van der Waals surface area contributed by atoms with Gasteiger partial charge < -0.3 is 9.47 Å². The monoisotopic (exact) mass is 467 g/mol. The fourth-order valence-electron chi connectivity index (χ4n) is 2.62. The third-order valence-electron chi connectivity index (χ3n) is 4.27. The van der Waals surface area contributed by atoms with Gasteiger partial charge >= 0.3 is 11.7 Å². The van der Waals surface area contributed by atoms with Crippen LogP contribution in [-0.2, 0) is 4.79 Å². The molecule has 3 aromatic rings. The molecule has 1 amide bonds. The van der Waals surface area contributed by atoms with E-state index in [0.29, 0.717) is 21.9 Å². The Bertz CT molecular complexity index is 1200. The Morgan fingerprint density at radius 1 is 1.09 bits per heavy atom. The number of nitrogens with one attached hydrogen (secondary N) is 1. The summed E-state index contributed by atoms with van der Waals surface area (Å²) in [5.74, 6) is -0.882. The third kappa shape index (κ3) is 6.62. The van der Waals surface area contributed by atoms with Crippen LogP contribution in [0, 0.1) is 10.1 Å². The van der Waals surface area contributed by atoms with E-state index < -0.39 is 22.9 Å². The topological polar surface area (TPSA) is 120 Å². The van der Waals surface area contributed by atoms with E-state index in [0.717, 1.165) is 0 Å². The van der Waals surface area contributed by atoms with Crippen LogP contribution in [0.4, 0.5) is 5.69 Å². The van der Waals surface area contributed by atoms with Gasteiger partial charge in [-0.2, -0.15) is 5.10 Å². The number of hydrazone groups is 1. The Kier molecular flexibility index (Phi) is 7.72. The molecule has 1 unspecified atom stereocenters. The number of carbonyl (C=O) groups is 2. The van der Waals surface area contributed by atoms with E-state index in [-0.39, 0.29) is 11.4 Å². The zero-order valence-electron chi connectivity index (χ0n) is 17.3. The van der Waals surface area contributed by atoms with Crippen LogP contribution in [0.25, 0.3) is 0 Å². The van der Waals surface area contributed by atoms with Crippen molar-refractivity contribution in [2.45, 2.75) is 13.0 Å². The Hall–Kier alpha value is -4.24. The minimum absolute atomic E-state index is 0.0238. The Balaban J connectivity index is 1.58. The predicted octanol–water partition coefficient (Wildman–Crippen LogP) is 4.39. The third-order valence-corrected chi connectivity index (χ3v) is 4.52. The van der Waals surface area contributed by atoms with Crippen molar-refractivity contribution in [1.82, 2.24) is 5.43 Å². The number of ether oxygens (including phenoxy) is 2. The second kappa shape index (κ2) is 10.9. The summed E-state index contributed by atoms with van der Waals surface area (Å²) in [6.45, 7) is 1.44. The molecule has 0 fully saturated rings. The molecule has 0 spiro atoms. The number of hydrogen-bond donors (Lipinski definition) is 1. The summed E-state index contributed by atoms with van der Waals surface area (Å²) in [6, 6.07) is 18.6. The smallest absolute Gasteiger partial charge is 0.343 e. The van der Waals surface area contributed by atoms with Crippen molar-refractivity contribution < 1.29 is 24.0 Å². The average molecular weight is 468 g/mol. The van der Waals surface area contributed by atoms with Crippen LogP contribution in [-0.4, -0.2) is 29.1 Å². The van der Waals surface area contributed by atoms with Crippen molar-refractivity contribution in [2.24, 2.45) is 5.10 Å². The number of nitrogens with zero attached hydrogens (tertiary/aromatic N) is 2. The molecule has 3 rings (SSSR count). The highest BCUT2D eigenvalue weighted by atomic mass is 35.5. The first-order chi connectivity index (χ1) is 15.8. The summed E-state index contributed by atoms with van der Waals surface area (Å²) in [5, 5.41) is 15.4. The fraction of sp³-hybridized carbons (Fsp3) is 0.0870. The molecule has 0 aliphatic heterocycles. The minimum Gasteiger partial charge on any atom is -0.474 e. The van der Waals surface area contributed by atoms with E-state index in [2.05, 4.69) is 10.5 Å².